The predicted molar refractivity (Wildman–Crippen MR) is 58.0 cm³/mol. The zero-order valence-electron chi connectivity index (χ0n) is 9.17. The number of rotatable bonds is 5. The molecule has 8 heteroatoms. The van der Waals surface area contributed by atoms with Gasteiger partial charge in [-0.1, -0.05) is 0 Å². The molecule has 1 atom stereocenters. The van der Waals surface area contributed by atoms with Gasteiger partial charge in [0.25, 0.3) is 0 Å². The van der Waals surface area contributed by atoms with E-state index in [9.17, 15) is 17.6 Å². The van der Waals surface area contributed by atoms with Gasteiger partial charge in [0, 0.05) is 12.6 Å². The maximum atomic E-state index is 12.6. The fourth-order valence-electron chi connectivity index (χ4n) is 1.15. The first-order valence-corrected chi connectivity index (χ1v) is 4.96. The van der Waals surface area contributed by atoms with E-state index in [0.717, 1.165) is 12.1 Å². The van der Waals surface area contributed by atoms with Crippen LogP contribution in [0.3, 0.4) is 0 Å². The van der Waals surface area contributed by atoms with E-state index < -0.39 is 12.5 Å². The predicted octanol–water partition coefficient (Wildman–Crippen LogP) is 1.91. The number of anilines is 2. The summed E-state index contributed by atoms with van der Waals surface area (Å²) in [5.74, 6) is -0.327. The van der Waals surface area contributed by atoms with E-state index in [1.165, 1.54) is 6.07 Å². The number of benzene rings is 1. The summed E-state index contributed by atoms with van der Waals surface area (Å²) >= 11 is 0. The minimum absolute atomic E-state index is 0.0929. The highest BCUT2D eigenvalue weighted by atomic mass is 19.4. The Kier molecular flexibility index (Phi) is 4.60. The smallest absolute Gasteiger partial charge is 0.452 e. The number of ether oxygens (including phenoxy) is 1. The maximum Gasteiger partial charge on any atom is 0.457 e. The Morgan fingerprint density at radius 1 is 1.39 bits per heavy atom. The second kappa shape index (κ2) is 5.76. The van der Waals surface area contributed by atoms with E-state index in [-0.39, 0.29) is 24.6 Å². The topological polar surface area (TPSA) is 67.5 Å². The van der Waals surface area contributed by atoms with Gasteiger partial charge in [-0.3, -0.25) is 0 Å². The van der Waals surface area contributed by atoms with Crippen LogP contribution in [0.1, 0.15) is 0 Å². The van der Waals surface area contributed by atoms with Crippen molar-refractivity contribution in [2.24, 2.45) is 0 Å². The van der Waals surface area contributed by atoms with Gasteiger partial charge in [-0.15, -0.1) is 0 Å². The zero-order chi connectivity index (χ0) is 13.8. The van der Waals surface area contributed by atoms with Crippen molar-refractivity contribution in [2.75, 3.05) is 24.2 Å². The summed E-state index contributed by atoms with van der Waals surface area (Å²) in [6.07, 6.45) is -8.48. The Balaban J connectivity index is 2.72. The van der Waals surface area contributed by atoms with Crippen molar-refractivity contribution in [3.63, 3.8) is 0 Å². The Hall–Kier alpha value is -1.70. The molecule has 0 saturated carbocycles. The Bertz CT molecular complexity index is 398. The molecule has 0 aromatic heterocycles. The molecule has 18 heavy (non-hydrogen) atoms. The molecule has 102 valence electrons. The van der Waals surface area contributed by atoms with Crippen LogP contribution in [0.5, 0.6) is 5.75 Å². The molecule has 1 unspecified atom stereocenters. The molecule has 0 aliphatic carbocycles. The molecule has 0 fully saturated rings. The van der Waals surface area contributed by atoms with Crippen LogP contribution < -0.4 is 15.8 Å². The summed E-state index contributed by atoms with van der Waals surface area (Å²) in [6.45, 7) is 0.108. The second-order valence-corrected chi connectivity index (χ2v) is 3.37. The number of nitrogens with two attached hydrogens (primary N) is 1. The van der Waals surface area contributed by atoms with Gasteiger partial charge in [-0.05, 0) is 12.1 Å². The molecule has 0 radical (unpaired) electrons. The molecule has 0 bridgehead atoms. The summed E-state index contributed by atoms with van der Waals surface area (Å²) in [5, 5.41) is 11.3. The van der Waals surface area contributed by atoms with Crippen LogP contribution in [0.15, 0.2) is 18.2 Å². The van der Waals surface area contributed by atoms with Gasteiger partial charge in [0.1, 0.15) is 5.75 Å². The fourth-order valence-corrected chi connectivity index (χ4v) is 1.15. The van der Waals surface area contributed by atoms with Crippen molar-refractivity contribution >= 4 is 11.4 Å². The van der Waals surface area contributed by atoms with Crippen LogP contribution in [0.25, 0.3) is 0 Å². The lowest BCUT2D eigenvalue weighted by Crippen LogP contribution is -2.29. The summed E-state index contributed by atoms with van der Waals surface area (Å²) in [5.41, 5.74) is 6.03. The first-order valence-electron chi connectivity index (χ1n) is 4.96. The molecule has 0 heterocycles. The van der Waals surface area contributed by atoms with Gasteiger partial charge in [0.05, 0.1) is 18.0 Å². The van der Waals surface area contributed by atoms with Crippen molar-refractivity contribution in [3.8, 4) is 5.75 Å². The minimum Gasteiger partial charge on any atom is -0.452 e. The third kappa shape index (κ3) is 3.95. The fraction of sp³-hybridized carbons (Fsp3) is 0.400. The van der Waals surface area contributed by atoms with Crippen molar-refractivity contribution < 1.29 is 27.4 Å². The SMILES string of the molecule is Nc1cc(OC(F)C(F)(F)F)ccc1NCCO. The lowest BCUT2D eigenvalue weighted by atomic mass is 10.2. The van der Waals surface area contributed by atoms with Gasteiger partial charge >= 0.3 is 12.5 Å². The molecule has 1 aromatic rings. The largest absolute Gasteiger partial charge is 0.457 e. The molecular formula is C10H12F4N2O2. The number of hydrogen-bond acceptors (Lipinski definition) is 4. The van der Waals surface area contributed by atoms with Gasteiger partial charge in [-0.2, -0.15) is 17.6 Å². The van der Waals surface area contributed by atoms with Crippen LogP contribution in [0.4, 0.5) is 28.9 Å². The average molecular weight is 268 g/mol. The number of alkyl halides is 4. The number of nitrogen functional groups attached to an aromatic ring is 1. The van der Waals surface area contributed by atoms with E-state index >= 15 is 0 Å². The highest BCUT2D eigenvalue weighted by Gasteiger charge is 2.42. The van der Waals surface area contributed by atoms with Gasteiger partial charge in [-0.25, -0.2) is 0 Å². The van der Waals surface area contributed by atoms with Crippen molar-refractivity contribution in [3.05, 3.63) is 18.2 Å². The highest BCUT2D eigenvalue weighted by Crippen LogP contribution is 2.29. The molecule has 1 rings (SSSR count). The van der Waals surface area contributed by atoms with Crippen molar-refractivity contribution in [2.45, 2.75) is 12.5 Å². The van der Waals surface area contributed by atoms with Crippen molar-refractivity contribution in [1.82, 2.24) is 0 Å². The molecule has 4 nitrogen and oxygen atoms in total. The van der Waals surface area contributed by atoms with E-state index in [0.29, 0.717) is 5.69 Å². The average Bonchev–Trinajstić information content (AvgIpc) is 2.26. The van der Waals surface area contributed by atoms with Crippen LogP contribution in [0.2, 0.25) is 0 Å². The van der Waals surface area contributed by atoms with Gasteiger partial charge < -0.3 is 20.9 Å². The molecule has 0 aliphatic heterocycles. The number of nitrogens with one attached hydrogen (secondary N) is 1. The number of aliphatic hydroxyl groups excluding tert-OH is 1. The quantitative estimate of drug-likeness (QED) is 0.563. The molecule has 1 aromatic carbocycles. The van der Waals surface area contributed by atoms with E-state index in [1.807, 2.05) is 0 Å². The maximum absolute atomic E-state index is 12.6. The van der Waals surface area contributed by atoms with E-state index in [1.54, 1.807) is 0 Å². The lowest BCUT2D eigenvalue weighted by Gasteiger charge is -2.15. The van der Waals surface area contributed by atoms with E-state index in [4.69, 9.17) is 10.8 Å². The van der Waals surface area contributed by atoms with E-state index in [2.05, 4.69) is 10.1 Å². The minimum atomic E-state index is -5.08. The third-order valence-corrected chi connectivity index (χ3v) is 1.95. The highest BCUT2D eigenvalue weighted by molar-refractivity contribution is 5.68. The summed E-state index contributed by atoms with van der Waals surface area (Å²) in [6, 6.07) is 3.55. The molecule has 0 saturated heterocycles. The lowest BCUT2D eigenvalue weighted by molar-refractivity contribution is -0.236. The normalized spacial score (nSPS) is 13.2. The first kappa shape index (κ1) is 14.4. The number of aliphatic hydroxyl groups is 1. The molecule has 0 amide bonds. The monoisotopic (exact) mass is 268 g/mol. The molecule has 4 N–H and O–H groups in total. The first-order chi connectivity index (χ1) is 8.34. The summed E-state index contributed by atoms with van der Waals surface area (Å²) in [7, 11) is 0. The standard InChI is InChI=1S/C10H12F4N2O2/c11-9(10(12,13)14)18-6-1-2-8(7(15)5-6)16-3-4-17/h1-2,5,9,16-17H,3-4,15H2. The Morgan fingerprint density at radius 2 is 2.06 bits per heavy atom. The summed E-state index contributed by atoms with van der Waals surface area (Å²) in [4.78, 5) is 0. The van der Waals surface area contributed by atoms with Gasteiger partial charge in [0.15, 0.2) is 0 Å². The Labute approximate surface area is 100 Å². The van der Waals surface area contributed by atoms with Crippen molar-refractivity contribution in [1.29, 1.82) is 0 Å². The Morgan fingerprint density at radius 3 is 2.56 bits per heavy atom. The zero-order valence-corrected chi connectivity index (χ0v) is 9.17. The molecule has 0 spiro atoms. The molecule has 0 aliphatic rings. The van der Waals surface area contributed by atoms with Gasteiger partial charge in [0.2, 0.25) is 0 Å². The third-order valence-electron chi connectivity index (χ3n) is 1.95. The van der Waals surface area contributed by atoms with Crippen LogP contribution in [0, 0.1) is 0 Å². The second-order valence-electron chi connectivity index (χ2n) is 3.37. The van der Waals surface area contributed by atoms with Crippen LogP contribution in [-0.2, 0) is 0 Å². The van der Waals surface area contributed by atoms with Crippen LogP contribution >= 0.6 is 0 Å². The number of halogens is 4. The van der Waals surface area contributed by atoms with Crippen LogP contribution in [-0.4, -0.2) is 30.8 Å². The summed E-state index contributed by atoms with van der Waals surface area (Å²) < 4.78 is 52.4. The number of hydrogen-bond donors (Lipinski definition) is 3. The molecular weight excluding hydrogens is 256 g/mol.